The van der Waals surface area contributed by atoms with Crippen molar-refractivity contribution in [2.24, 2.45) is 11.1 Å². The van der Waals surface area contributed by atoms with Crippen LogP contribution in [0.5, 0.6) is 0 Å². The number of carbonyl (C=O) groups excluding carboxylic acids is 1. The van der Waals surface area contributed by atoms with E-state index in [1.807, 2.05) is 0 Å². The summed E-state index contributed by atoms with van der Waals surface area (Å²) in [5.74, 6) is -1.82. The zero-order valence-electron chi connectivity index (χ0n) is 8.90. The lowest BCUT2D eigenvalue weighted by atomic mass is 10.1. The summed E-state index contributed by atoms with van der Waals surface area (Å²) >= 11 is 3.01. The lowest BCUT2D eigenvalue weighted by Gasteiger charge is -2.14. The van der Waals surface area contributed by atoms with Crippen LogP contribution < -0.4 is 11.1 Å². The summed E-state index contributed by atoms with van der Waals surface area (Å²) < 4.78 is 26.5. The summed E-state index contributed by atoms with van der Waals surface area (Å²) in [6, 6.07) is 1.82. The normalized spacial score (nSPS) is 16.7. The summed E-state index contributed by atoms with van der Waals surface area (Å²) in [5, 5.41) is 2.45. The van der Waals surface area contributed by atoms with Gasteiger partial charge in [-0.25, -0.2) is 8.78 Å². The van der Waals surface area contributed by atoms with Crippen LogP contribution in [0.2, 0.25) is 0 Å². The second-order valence-corrected chi connectivity index (χ2v) is 5.04. The van der Waals surface area contributed by atoms with Gasteiger partial charge in [0.15, 0.2) is 5.82 Å². The largest absolute Gasteiger partial charge is 0.329 e. The van der Waals surface area contributed by atoms with Crippen LogP contribution in [0.25, 0.3) is 0 Å². The number of benzene rings is 1. The standard InChI is InChI=1S/C11H11BrF2N2O/c12-7-3-6(13)4-8(14)9(7)16-10(17)11(5-15)1-2-11/h3-4H,1-2,5,15H2,(H,16,17). The van der Waals surface area contributed by atoms with E-state index in [1.54, 1.807) is 0 Å². The molecule has 1 aliphatic carbocycles. The predicted molar refractivity (Wildman–Crippen MR) is 63.4 cm³/mol. The molecule has 1 fully saturated rings. The van der Waals surface area contributed by atoms with Crippen LogP contribution in [0, 0.1) is 17.0 Å². The first kappa shape index (κ1) is 12.4. The Morgan fingerprint density at radius 3 is 2.59 bits per heavy atom. The zero-order chi connectivity index (χ0) is 12.6. The summed E-state index contributed by atoms with van der Waals surface area (Å²) in [4.78, 5) is 11.8. The van der Waals surface area contributed by atoms with E-state index in [9.17, 15) is 13.6 Å². The van der Waals surface area contributed by atoms with E-state index in [4.69, 9.17) is 5.73 Å². The predicted octanol–water partition coefficient (Wildman–Crippen LogP) is 2.40. The van der Waals surface area contributed by atoms with Gasteiger partial charge in [0.05, 0.1) is 11.1 Å². The van der Waals surface area contributed by atoms with Gasteiger partial charge in [0.2, 0.25) is 5.91 Å². The summed E-state index contributed by atoms with van der Waals surface area (Å²) in [5.41, 5.74) is 4.88. The number of carbonyl (C=O) groups is 1. The molecule has 92 valence electrons. The van der Waals surface area contributed by atoms with Crippen molar-refractivity contribution in [1.82, 2.24) is 0 Å². The third-order valence-corrected chi connectivity index (χ3v) is 3.60. The number of hydrogen-bond donors (Lipinski definition) is 2. The van der Waals surface area contributed by atoms with Crippen molar-refractivity contribution in [2.45, 2.75) is 12.8 Å². The topological polar surface area (TPSA) is 55.1 Å². The molecule has 1 aromatic carbocycles. The number of nitrogens with one attached hydrogen (secondary N) is 1. The van der Waals surface area contributed by atoms with Gasteiger partial charge in [0.25, 0.3) is 0 Å². The molecule has 0 aliphatic heterocycles. The number of nitrogens with two attached hydrogens (primary N) is 1. The molecular weight excluding hydrogens is 294 g/mol. The van der Waals surface area contributed by atoms with Crippen molar-refractivity contribution in [3.8, 4) is 0 Å². The van der Waals surface area contributed by atoms with E-state index in [2.05, 4.69) is 21.2 Å². The van der Waals surface area contributed by atoms with Gasteiger partial charge in [-0.2, -0.15) is 0 Å². The Balaban J connectivity index is 2.22. The first-order chi connectivity index (χ1) is 7.98. The minimum atomic E-state index is -0.807. The molecular formula is C11H11BrF2N2O. The molecule has 1 saturated carbocycles. The SMILES string of the molecule is NCC1(C(=O)Nc2c(F)cc(F)cc2Br)CC1. The Morgan fingerprint density at radius 1 is 1.47 bits per heavy atom. The molecule has 0 heterocycles. The van der Waals surface area contributed by atoms with E-state index >= 15 is 0 Å². The minimum absolute atomic E-state index is 0.0453. The fourth-order valence-electron chi connectivity index (χ4n) is 1.58. The van der Waals surface area contributed by atoms with Crippen molar-refractivity contribution in [2.75, 3.05) is 11.9 Å². The molecule has 3 nitrogen and oxygen atoms in total. The van der Waals surface area contributed by atoms with Gasteiger partial charge in [-0.15, -0.1) is 0 Å². The molecule has 6 heteroatoms. The maximum Gasteiger partial charge on any atom is 0.231 e. The van der Waals surface area contributed by atoms with Crippen LogP contribution in [0.3, 0.4) is 0 Å². The number of amides is 1. The molecule has 0 bridgehead atoms. The quantitative estimate of drug-likeness (QED) is 0.901. The maximum atomic E-state index is 13.5. The van der Waals surface area contributed by atoms with Crippen molar-refractivity contribution in [3.63, 3.8) is 0 Å². The molecule has 0 saturated heterocycles. The summed E-state index contributed by atoms with van der Waals surface area (Å²) in [6.07, 6.45) is 1.41. The number of hydrogen-bond acceptors (Lipinski definition) is 2. The minimum Gasteiger partial charge on any atom is -0.329 e. The highest BCUT2D eigenvalue weighted by molar-refractivity contribution is 9.10. The van der Waals surface area contributed by atoms with Crippen LogP contribution >= 0.6 is 15.9 Å². The van der Waals surface area contributed by atoms with E-state index in [-0.39, 0.29) is 22.6 Å². The van der Waals surface area contributed by atoms with Gasteiger partial charge in [0.1, 0.15) is 5.82 Å². The fourth-order valence-corrected chi connectivity index (χ4v) is 2.09. The molecule has 1 aliphatic rings. The number of anilines is 1. The molecule has 1 amide bonds. The Labute approximate surface area is 106 Å². The van der Waals surface area contributed by atoms with Crippen LogP contribution in [0.4, 0.5) is 14.5 Å². The Hall–Kier alpha value is -1.01. The van der Waals surface area contributed by atoms with Gasteiger partial charge >= 0.3 is 0 Å². The van der Waals surface area contributed by atoms with Gasteiger partial charge in [-0.3, -0.25) is 4.79 Å². The lowest BCUT2D eigenvalue weighted by molar-refractivity contribution is -0.120. The lowest BCUT2D eigenvalue weighted by Crippen LogP contribution is -2.31. The first-order valence-electron chi connectivity index (χ1n) is 5.14. The second kappa shape index (κ2) is 4.34. The zero-order valence-corrected chi connectivity index (χ0v) is 10.5. The average molecular weight is 305 g/mol. The Kier molecular flexibility index (Phi) is 3.18. The van der Waals surface area contributed by atoms with Gasteiger partial charge in [0, 0.05) is 17.1 Å². The average Bonchev–Trinajstić information content (AvgIpc) is 3.03. The molecule has 0 atom stereocenters. The van der Waals surface area contributed by atoms with E-state index in [1.165, 1.54) is 0 Å². The van der Waals surface area contributed by atoms with Crippen molar-refractivity contribution >= 4 is 27.5 Å². The second-order valence-electron chi connectivity index (χ2n) is 4.18. The van der Waals surface area contributed by atoms with Crippen molar-refractivity contribution in [3.05, 3.63) is 28.2 Å². The Bertz CT molecular complexity index is 452. The first-order valence-corrected chi connectivity index (χ1v) is 5.94. The summed E-state index contributed by atoms with van der Waals surface area (Å²) in [7, 11) is 0. The smallest absolute Gasteiger partial charge is 0.231 e. The van der Waals surface area contributed by atoms with Crippen LogP contribution in [-0.4, -0.2) is 12.5 Å². The van der Waals surface area contributed by atoms with Gasteiger partial charge in [-0.1, -0.05) is 0 Å². The molecule has 1 aromatic rings. The molecule has 0 unspecified atom stereocenters. The molecule has 0 aromatic heterocycles. The highest BCUT2D eigenvalue weighted by Gasteiger charge is 2.48. The van der Waals surface area contributed by atoms with Crippen molar-refractivity contribution in [1.29, 1.82) is 0 Å². The molecule has 0 spiro atoms. The highest BCUT2D eigenvalue weighted by atomic mass is 79.9. The molecule has 0 radical (unpaired) electrons. The number of rotatable bonds is 3. The fraction of sp³-hybridized carbons (Fsp3) is 0.364. The highest BCUT2D eigenvalue weighted by Crippen LogP contribution is 2.45. The Morgan fingerprint density at radius 2 is 2.12 bits per heavy atom. The van der Waals surface area contributed by atoms with E-state index in [0.29, 0.717) is 12.8 Å². The monoisotopic (exact) mass is 304 g/mol. The third kappa shape index (κ3) is 2.32. The van der Waals surface area contributed by atoms with Crippen LogP contribution in [0.15, 0.2) is 16.6 Å². The molecule has 2 rings (SSSR count). The van der Waals surface area contributed by atoms with E-state index in [0.717, 1.165) is 12.1 Å². The van der Waals surface area contributed by atoms with E-state index < -0.39 is 17.0 Å². The van der Waals surface area contributed by atoms with Crippen LogP contribution in [0.1, 0.15) is 12.8 Å². The molecule has 3 N–H and O–H groups in total. The number of halogens is 3. The molecule has 17 heavy (non-hydrogen) atoms. The van der Waals surface area contributed by atoms with Crippen molar-refractivity contribution < 1.29 is 13.6 Å². The van der Waals surface area contributed by atoms with Gasteiger partial charge in [-0.05, 0) is 34.8 Å². The maximum absolute atomic E-state index is 13.5. The third-order valence-electron chi connectivity index (χ3n) is 2.97. The summed E-state index contributed by atoms with van der Waals surface area (Å²) in [6.45, 7) is 0.235. The van der Waals surface area contributed by atoms with Crippen LogP contribution in [-0.2, 0) is 4.79 Å². The van der Waals surface area contributed by atoms with Gasteiger partial charge < -0.3 is 11.1 Å².